The maximum absolute atomic E-state index is 9.12. The van der Waals surface area contributed by atoms with E-state index in [1.807, 2.05) is 0 Å². The van der Waals surface area contributed by atoms with Crippen molar-refractivity contribution in [2.45, 2.75) is 38.3 Å². The fraction of sp³-hybridized carbons (Fsp3) is 1.00. The molecule has 0 radical (unpaired) electrons. The predicted octanol–water partition coefficient (Wildman–Crippen LogP) is 0.180. The minimum atomic E-state index is 0.282. The second-order valence-electron chi connectivity index (χ2n) is 3.65. The number of piperidine rings is 1. The molecule has 0 amide bonds. The smallest absolute Gasteiger partial charge is 0.0586 e. The summed E-state index contributed by atoms with van der Waals surface area (Å²) in [6.45, 7) is 4.21. The predicted molar refractivity (Wildman–Crippen MR) is 49.9 cm³/mol. The van der Waals surface area contributed by atoms with Gasteiger partial charge in [-0.05, 0) is 26.3 Å². The lowest BCUT2D eigenvalue weighted by Crippen LogP contribution is -2.49. The zero-order valence-corrected chi connectivity index (χ0v) is 7.87. The Morgan fingerprint density at radius 3 is 2.92 bits per heavy atom. The summed E-state index contributed by atoms with van der Waals surface area (Å²) in [6.07, 6.45) is 3.63. The standard InChI is InChI=1S/C9H20N2O/c1-8(6-10)11-5-3-2-4-9(11)7-12/h8-9,12H,2-7,10H2,1H3. The van der Waals surface area contributed by atoms with E-state index < -0.39 is 0 Å². The Hall–Kier alpha value is -0.120. The molecule has 0 bridgehead atoms. The number of rotatable bonds is 3. The van der Waals surface area contributed by atoms with Crippen molar-refractivity contribution < 1.29 is 5.11 Å². The summed E-state index contributed by atoms with van der Waals surface area (Å²) in [5.74, 6) is 0. The number of nitrogens with zero attached hydrogens (tertiary/aromatic N) is 1. The highest BCUT2D eigenvalue weighted by molar-refractivity contribution is 4.80. The molecule has 0 aromatic rings. The van der Waals surface area contributed by atoms with Crippen molar-refractivity contribution in [3.63, 3.8) is 0 Å². The van der Waals surface area contributed by atoms with Gasteiger partial charge >= 0.3 is 0 Å². The van der Waals surface area contributed by atoms with Crippen LogP contribution in [0.5, 0.6) is 0 Å². The van der Waals surface area contributed by atoms with Crippen LogP contribution in [0.15, 0.2) is 0 Å². The third-order valence-corrected chi connectivity index (χ3v) is 2.79. The summed E-state index contributed by atoms with van der Waals surface area (Å²) >= 11 is 0. The third kappa shape index (κ3) is 2.19. The minimum absolute atomic E-state index is 0.282. The quantitative estimate of drug-likeness (QED) is 0.638. The molecule has 2 unspecified atom stereocenters. The van der Waals surface area contributed by atoms with E-state index in [4.69, 9.17) is 10.8 Å². The van der Waals surface area contributed by atoms with E-state index in [2.05, 4.69) is 11.8 Å². The van der Waals surface area contributed by atoms with E-state index in [9.17, 15) is 0 Å². The number of likely N-dealkylation sites (tertiary alicyclic amines) is 1. The lowest BCUT2D eigenvalue weighted by molar-refractivity contribution is 0.0620. The van der Waals surface area contributed by atoms with Gasteiger partial charge in [0.2, 0.25) is 0 Å². The van der Waals surface area contributed by atoms with E-state index in [0.29, 0.717) is 18.6 Å². The summed E-state index contributed by atoms with van der Waals surface area (Å²) in [5.41, 5.74) is 5.60. The second-order valence-corrected chi connectivity index (χ2v) is 3.65. The molecule has 3 N–H and O–H groups in total. The molecule has 0 saturated carbocycles. The maximum atomic E-state index is 9.12. The third-order valence-electron chi connectivity index (χ3n) is 2.79. The molecule has 12 heavy (non-hydrogen) atoms. The maximum Gasteiger partial charge on any atom is 0.0586 e. The fourth-order valence-corrected chi connectivity index (χ4v) is 1.93. The van der Waals surface area contributed by atoms with Gasteiger partial charge in [-0.25, -0.2) is 0 Å². The summed E-state index contributed by atoms with van der Waals surface area (Å²) in [5, 5.41) is 9.12. The first-order valence-corrected chi connectivity index (χ1v) is 4.86. The van der Waals surface area contributed by atoms with E-state index in [1.165, 1.54) is 12.8 Å². The number of hydrogen-bond donors (Lipinski definition) is 2. The molecule has 1 aliphatic rings. The van der Waals surface area contributed by atoms with Crippen molar-refractivity contribution in [3.05, 3.63) is 0 Å². The number of hydrogen-bond acceptors (Lipinski definition) is 3. The van der Waals surface area contributed by atoms with Crippen LogP contribution in [0.25, 0.3) is 0 Å². The Bertz CT molecular complexity index is 130. The Morgan fingerprint density at radius 2 is 2.33 bits per heavy atom. The Labute approximate surface area is 74.5 Å². The first-order valence-electron chi connectivity index (χ1n) is 4.86. The van der Waals surface area contributed by atoms with Crippen LogP contribution < -0.4 is 5.73 Å². The second kappa shape index (κ2) is 4.80. The van der Waals surface area contributed by atoms with Crippen molar-refractivity contribution in [1.29, 1.82) is 0 Å². The highest BCUT2D eigenvalue weighted by atomic mass is 16.3. The largest absolute Gasteiger partial charge is 0.395 e. The van der Waals surface area contributed by atoms with Crippen molar-refractivity contribution in [2.24, 2.45) is 5.73 Å². The van der Waals surface area contributed by atoms with Gasteiger partial charge in [-0.1, -0.05) is 6.42 Å². The molecule has 1 fully saturated rings. The van der Waals surface area contributed by atoms with Crippen LogP contribution in [0.2, 0.25) is 0 Å². The monoisotopic (exact) mass is 172 g/mol. The molecule has 1 rings (SSSR count). The highest BCUT2D eigenvalue weighted by Gasteiger charge is 2.24. The van der Waals surface area contributed by atoms with Crippen molar-refractivity contribution in [2.75, 3.05) is 19.7 Å². The number of nitrogens with two attached hydrogens (primary N) is 1. The lowest BCUT2D eigenvalue weighted by Gasteiger charge is -2.38. The van der Waals surface area contributed by atoms with E-state index in [1.54, 1.807) is 0 Å². The van der Waals surface area contributed by atoms with Crippen LogP contribution in [0.3, 0.4) is 0 Å². The topological polar surface area (TPSA) is 49.5 Å². The molecule has 1 saturated heterocycles. The minimum Gasteiger partial charge on any atom is -0.395 e. The van der Waals surface area contributed by atoms with Gasteiger partial charge in [-0.3, -0.25) is 4.90 Å². The highest BCUT2D eigenvalue weighted by Crippen LogP contribution is 2.18. The van der Waals surface area contributed by atoms with Gasteiger partial charge in [0, 0.05) is 18.6 Å². The SMILES string of the molecule is CC(CN)N1CCCCC1CO. The van der Waals surface area contributed by atoms with Crippen molar-refractivity contribution >= 4 is 0 Å². The molecular formula is C9H20N2O. The van der Waals surface area contributed by atoms with Crippen LogP contribution in [0.1, 0.15) is 26.2 Å². The Morgan fingerprint density at radius 1 is 1.58 bits per heavy atom. The summed E-state index contributed by atoms with van der Waals surface area (Å²) in [4.78, 5) is 2.34. The molecule has 0 aromatic carbocycles. The van der Waals surface area contributed by atoms with Crippen molar-refractivity contribution in [3.8, 4) is 0 Å². The van der Waals surface area contributed by atoms with Crippen LogP contribution >= 0.6 is 0 Å². The Balaban J connectivity index is 2.46. The van der Waals surface area contributed by atoms with Gasteiger partial charge in [-0.2, -0.15) is 0 Å². The Kier molecular flexibility index (Phi) is 3.98. The molecule has 72 valence electrons. The molecule has 0 aromatic heterocycles. The number of aliphatic hydroxyl groups excluding tert-OH is 1. The average molecular weight is 172 g/mol. The first kappa shape index (κ1) is 9.96. The zero-order valence-electron chi connectivity index (χ0n) is 7.87. The van der Waals surface area contributed by atoms with Gasteiger partial charge in [-0.15, -0.1) is 0 Å². The van der Waals surface area contributed by atoms with E-state index >= 15 is 0 Å². The zero-order chi connectivity index (χ0) is 8.97. The molecular weight excluding hydrogens is 152 g/mol. The van der Waals surface area contributed by atoms with Gasteiger partial charge in [0.25, 0.3) is 0 Å². The molecule has 3 nitrogen and oxygen atoms in total. The van der Waals surface area contributed by atoms with Gasteiger partial charge in [0.1, 0.15) is 0 Å². The normalized spacial score (nSPS) is 28.8. The number of aliphatic hydroxyl groups is 1. The van der Waals surface area contributed by atoms with Crippen LogP contribution in [-0.2, 0) is 0 Å². The molecule has 2 atom stereocenters. The van der Waals surface area contributed by atoms with Gasteiger partial charge < -0.3 is 10.8 Å². The summed E-state index contributed by atoms with van der Waals surface area (Å²) < 4.78 is 0. The van der Waals surface area contributed by atoms with Gasteiger partial charge in [0.15, 0.2) is 0 Å². The molecule has 3 heteroatoms. The lowest BCUT2D eigenvalue weighted by atomic mass is 10.0. The van der Waals surface area contributed by atoms with E-state index in [-0.39, 0.29) is 6.61 Å². The molecule has 1 heterocycles. The molecule has 1 aliphatic heterocycles. The van der Waals surface area contributed by atoms with Crippen LogP contribution in [-0.4, -0.2) is 41.8 Å². The van der Waals surface area contributed by atoms with E-state index in [0.717, 1.165) is 13.0 Å². The summed E-state index contributed by atoms with van der Waals surface area (Å²) in [7, 11) is 0. The van der Waals surface area contributed by atoms with Crippen molar-refractivity contribution in [1.82, 2.24) is 4.90 Å². The molecule has 0 aliphatic carbocycles. The first-order chi connectivity index (χ1) is 5.79. The van der Waals surface area contributed by atoms with Crippen LogP contribution in [0, 0.1) is 0 Å². The summed E-state index contributed by atoms with van der Waals surface area (Å²) in [6, 6.07) is 0.778. The van der Waals surface area contributed by atoms with Gasteiger partial charge in [0.05, 0.1) is 6.61 Å². The fourth-order valence-electron chi connectivity index (χ4n) is 1.93. The van der Waals surface area contributed by atoms with Crippen LogP contribution in [0.4, 0.5) is 0 Å². The molecule has 0 spiro atoms. The average Bonchev–Trinajstić information content (AvgIpc) is 2.16.